The van der Waals surface area contributed by atoms with Crippen LogP contribution >= 0.6 is 0 Å². The third-order valence-corrected chi connectivity index (χ3v) is 2.37. The molecule has 1 rings (SSSR count). The number of anilines is 2. The van der Waals surface area contributed by atoms with Crippen molar-refractivity contribution in [1.82, 2.24) is 4.98 Å². The first-order chi connectivity index (χ1) is 7.58. The minimum atomic E-state index is -0.0809. The molecule has 0 spiro atoms. The van der Waals surface area contributed by atoms with Gasteiger partial charge in [-0.15, -0.1) is 0 Å². The molecule has 0 saturated carbocycles. The van der Waals surface area contributed by atoms with Gasteiger partial charge in [0.1, 0.15) is 11.9 Å². The molecule has 4 N–H and O–H groups in total. The average molecular weight is 220 g/mol. The molecule has 5 heteroatoms. The molecule has 16 heavy (non-hydrogen) atoms. The largest absolute Gasteiger partial charge is 0.396 e. The first-order valence-corrected chi connectivity index (χ1v) is 5.12. The van der Waals surface area contributed by atoms with Crippen molar-refractivity contribution >= 4 is 11.5 Å². The van der Waals surface area contributed by atoms with Crippen molar-refractivity contribution in [3.8, 4) is 6.07 Å². The Kier molecular flexibility index (Phi) is 4.09. The summed E-state index contributed by atoms with van der Waals surface area (Å²) in [5, 5.41) is 21.0. The Labute approximate surface area is 94.9 Å². The summed E-state index contributed by atoms with van der Waals surface area (Å²) in [4.78, 5) is 4.05. The monoisotopic (exact) mass is 220 g/mol. The maximum absolute atomic E-state index is 9.16. The van der Waals surface area contributed by atoms with Crippen molar-refractivity contribution in [3.63, 3.8) is 0 Å². The Morgan fingerprint density at radius 2 is 2.25 bits per heavy atom. The van der Waals surface area contributed by atoms with E-state index in [1.54, 1.807) is 12.1 Å². The lowest BCUT2D eigenvalue weighted by Crippen LogP contribution is -2.29. The third kappa shape index (κ3) is 2.84. The van der Waals surface area contributed by atoms with Crippen LogP contribution in [-0.4, -0.2) is 22.7 Å². The lowest BCUT2D eigenvalue weighted by Gasteiger charge is -2.20. The van der Waals surface area contributed by atoms with Crippen LogP contribution in [-0.2, 0) is 0 Å². The predicted octanol–water partition coefficient (Wildman–Crippen LogP) is 0.964. The van der Waals surface area contributed by atoms with Crippen LogP contribution in [0.3, 0.4) is 0 Å². The minimum Gasteiger partial charge on any atom is -0.396 e. The lowest BCUT2D eigenvalue weighted by atomic mass is 10.1. The SMILES string of the molecule is CC(C)C(CO)Nc1ccc(N)c(C#N)n1. The van der Waals surface area contributed by atoms with E-state index in [2.05, 4.69) is 10.3 Å². The smallest absolute Gasteiger partial charge is 0.165 e. The van der Waals surface area contributed by atoms with E-state index in [-0.39, 0.29) is 24.3 Å². The summed E-state index contributed by atoms with van der Waals surface area (Å²) < 4.78 is 0. The molecule has 1 heterocycles. The fourth-order valence-corrected chi connectivity index (χ4v) is 1.25. The maximum Gasteiger partial charge on any atom is 0.165 e. The molecule has 1 aromatic rings. The van der Waals surface area contributed by atoms with Crippen molar-refractivity contribution in [2.24, 2.45) is 5.92 Å². The fraction of sp³-hybridized carbons (Fsp3) is 0.455. The summed E-state index contributed by atoms with van der Waals surface area (Å²) in [5.41, 5.74) is 6.12. The van der Waals surface area contributed by atoms with Gasteiger partial charge in [-0.25, -0.2) is 4.98 Å². The topological polar surface area (TPSA) is 95.0 Å². The van der Waals surface area contributed by atoms with Crippen molar-refractivity contribution in [2.45, 2.75) is 19.9 Å². The highest BCUT2D eigenvalue weighted by Crippen LogP contribution is 2.14. The second-order valence-electron chi connectivity index (χ2n) is 3.92. The van der Waals surface area contributed by atoms with Gasteiger partial charge in [0.2, 0.25) is 0 Å². The van der Waals surface area contributed by atoms with Gasteiger partial charge in [-0.1, -0.05) is 13.8 Å². The molecule has 0 aliphatic heterocycles. The summed E-state index contributed by atoms with van der Waals surface area (Å²) in [5.74, 6) is 0.827. The summed E-state index contributed by atoms with van der Waals surface area (Å²) in [6.45, 7) is 4.01. The highest BCUT2D eigenvalue weighted by Gasteiger charge is 2.12. The molecular formula is C11H16N4O. The van der Waals surface area contributed by atoms with Gasteiger partial charge in [0.05, 0.1) is 18.3 Å². The van der Waals surface area contributed by atoms with E-state index in [4.69, 9.17) is 16.1 Å². The molecule has 0 bridgehead atoms. The number of aromatic nitrogens is 1. The number of nitrogens with two attached hydrogens (primary N) is 1. The third-order valence-electron chi connectivity index (χ3n) is 2.37. The van der Waals surface area contributed by atoms with Crippen LogP contribution in [0.15, 0.2) is 12.1 Å². The second-order valence-corrected chi connectivity index (χ2v) is 3.92. The molecule has 0 aliphatic rings. The highest BCUT2D eigenvalue weighted by atomic mass is 16.3. The van der Waals surface area contributed by atoms with Crippen molar-refractivity contribution in [1.29, 1.82) is 5.26 Å². The van der Waals surface area contributed by atoms with E-state index < -0.39 is 0 Å². The van der Waals surface area contributed by atoms with Gasteiger partial charge in [0.25, 0.3) is 0 Å². The molecule has 0 aromatic carbocycles. The molecule has 1 unspecified atom stereocenters. The number of nitrogen functional groups attached to an aromatic ring is 1. The summed E-state index contributed by atoms with van der Waals surface area (Å²) in [6.07, 6.45) is 0. The zero-order valence-corrected chi connectivity index (χ0v) is 9.44. The van der Waals surface area contributed by atoms with Gasteiger partial charge < -0.3 is 16.2 Å². The van der Waals surface area contributed by atoms with Gasteiger partial charge in [0.15, 0.2) is 5.69 Å². The van der Waals surface area contributed by atoms with Gasteiger partial charge in [0, 0.05) is 0 Å². The Morgan fingerprint density at radius 1 is 1.56 bits per heavy atom. The number of nitrogens with zero attached hydrogens (tertiary/aromatic N) is 2. The zero-order chi connectivity index (χ0) is 12.1. The number of nitrogens with one attached hydrogen (secondary N) is 1. The molecule has 1 atom stereocenters. The number of hydrogen-bond acceptors (Lipinski definition) is 5. The Morgan fingerprint density at radius 3 is 2.75 bits per heavy atom. The molecule has 0 amide bonds. The van der Waals surface area contributed by atoms with E-state index in [1.807, 2.05) is 19.9 Å². The number of aliphatic hydroxyl groups excluding tert-OH is 1. The minimum absolute atomic E-state index is 0.0195. The molecule has 0 saturated heterocycles. The van der Waals surface area contributed by atoms with E-state index >= 15 is 0 Å². The fourth-order valence-electron chi connectivity index (χ4n) is 1.25. The van der Waals surface area contributed by atoms with E-state index in [1.165, 1.54) is 0 Å². The Bertz CT molecular complexity index is 397. The first kappa shape index (κ1) is 12.3. The van der Waals surface area contributed by atoms with E-state index in [0.717, 1.165) is 0 Å². The quantitative estimate of drug-likeness (QED) is 0.702. The van der Waals surface area contributed by atoms with E-state index in [9.17, 15) is 0 Å². The summed E-state index contributed by atoms with van der Waals surface area (Å²) >= 11 is 0. The maximum atomic E-state index is 9.16. The average Bonchev–Trinajstić information content (AvgIpc) is 2.27. The summed E-state index contributed by atoms with van der Waals surface area (Å²) in [7, 11) is 0. The first-order valence-electron chi connectivity index (χ1n) is 5.12. The van der Waals surface area contributed by atoms with Crippen molar-refractivity contribution < 1.29 is 5.11 Å². The molecular weight excluding hydrogens is 204 g/mol. The van der Waals surface area contributed by atoms with Crippen LogP contribution < -0.4 is 11.1 Å². The molecule has 5 nitrogen and oxygen atoms in total. The number of nitriles is 1. The zero-order valence-electron chi connectivity index (χ0n) is 9.44. The highest BCUT2D eigenvalue weighted by molar-refractivity contribution is 5.54. The lowest BCUT2D eigenvalue weighted by molar-refractivity contribution is 0.249. The van der Waals surface area contributed by atoms with Crippen LogP contribution in [0.5, 0.6) is 0 Å². The van der Waals surface area contributed by atoms with Gasteiger partial charge in [-0.05, 0) is 18.1 Å². The number of pyridine rings is 1. The normalized spacial score (nSPS) is 12.2. The molecule has 0 radical (unpaired) electrons. The molecule has 0 aliphatic carbocycles. The van der Waals surface area contributed by atoms with Crippen molar-refractivity contribution in [3.05, 3.63) is 17.8 Å². The van der Waals surface area contributed by atoms with Gasteiger partial charge in [-0.3, -0.25) is 0 Å². The van der Waals surface area contributed by atoms with E-state index in [0.29, 0.717) is 11.5 Å². The predicted molar refractivity (Wildman–Crippen MR) is 62.7 cm³/mol. The van der Waals surface area contributed by atoms with Crippen LogP contribution in [0.2, 0.25) is 0 Å². The standard InChI is InChI=1S/C11H16N4O/c1-7(2)10(6-16)15-11-4-3-8(13)9(5-12)14-11/h3-4,7,10,16H,6,13H2,1-2H3,(H,14,15). The van der Waals surface area contributed by atoms with Crippen LogP contribution in [0, 0.1) is 17.2 Å². The Balaban J connectivity index is 2.86. The molecule has 86 valence electrons. The van der Waals surface area contributed by atoms with Crippen LogP contribution in [0.4, 0.5) is 11.5 Å². The number of aliphatic hydroxyl groups is 1. The van der Waals surface area contributed by atoms with Crippen molar-refractivity contribution in [2.75, 3.05) is 17.7 Å². The van der Waals surface area contributed by atoms with Gasteiger partial charge in [-0.2, -0.15) is 5.26 Å². The Hall–Kier alpha value is -1.80. The van der Waals surface area contributed by atoms with Crippen LogP contribution in [0.1, 0.15) is 19.5 Å². The molecule has 1 aromatic heterocycles. The number of rotatable bonds is 4. The second kappa shape index (κ2) is 5.33. The number of hydrogen-bond donors (Lipinski definition) is 3. The summed E-state index contributed by atoms with van der Waals surface area (Å²) in [6, 6.07) is 5.16. The molecule has 0 fully saturated rings. The van der Waals surface area contributed by atoms with Crippen LogP contribution in [0.25, 0.3) is 0 Å². The van der Waals surface area contributed by atoms with Gasteiger partial charge >= 0.3 is 0 Å².